The molecule has 0 aliphatic rings. The van der Waals surface area contributed by atoms with Gasteiger partial charge in [-0.3, -0.25) is 33.6 Å². The Labute approximate surface area is 352 Å². The third-order valence-electron chi connectivity index (χ3n) is 9.37. The van der Waals surface area contributed by atoms with Crippen molar-refractivity contribution in [3.8, 4) is 0 Å². The highest BCUT2D eigenvalue weighted by Gasteiger charge is 2.23. The van der Waals surface area contributed by atoms with Crippen LogP contribution in [0.5, 0.6) is 0 Å². The minimum atomic E-state index is -1.28. The van der Waals surface area contributed by atoms with E-state index in [9.17, 15) is 53.4 Å². The Morgan fingerprint density at radius 1 is 0.339 bits per heavy atom. The number of benzene rings is 6. The molecule has 15 heteroatoms. The topological polar surface area (TPSA) is 242 Å². The molecule has 0 spiro atoms. The highest BCUT2D eigenvalue weighted by atomic mass is 16.4. The van der Waals surface area contributed by atoms with Gasteiger partial charge in [0, 0.05) is 45.0 Å². The fraction of sp³-hybridized carbons (Fsp3) is 0.0426. The smallest absolute Gasteiger partial charge is 0.336 e. The van der Waals surface area contributed by atoms with Crippen LogP contribution in [0.15, 0.2) is 133 Å². The largest absolute Gasteiger partial charge is 0.478 e. The molecule has 0 fully saturated rings. The maximum Gasteiger partial charge on any atom is 0.336 e. The summed E-state index contributed by atoms with van der Waals surface area (Å²) in [6.45, 7) is 2.43. The lowest BCUT2D eigenvalue weighted by molar-refractivity contribution is 0.0683. The van der Waals surface area contributed by atoms with Crippen LogP contribution in [0.3, 0.4) is 0 Å². The van der Waals surface area contributed by atoms with Crippen molar-refractivity contribution >= 4 is 75.7 Å². The van der Waals surface area contributed by atoms with Gasteiger partial charge in [0.25, 0.3) is 23.6 Å². The van der Waals surface area contributed by atoms with E-state index >= 15 is 0 Å². The maximum atomic E-state index is 13.8. The van der Waals surface area contributed by atoms with Gasteiger partial charge >= 0.3 is 11.9 Å². The quantitative estimate of drug-likeness (QED) is 0.0580. The van der Waals surface area contributed by atoms with Gasteiger partial charge in [-0.05, 0) is 98.8 Å². The fourth-order valence-electron chi connectivity index (χ4n) is 6.39. The summed E-state index contributed by atoms with van der Waals surface area (Å²) in [5, 5.41) is 29.4. The second kappa shape index (κ2) is 18.4. The van der Waals surface area contributed by atoms with E-state index < -0.39 is 52.9 Å². The number of nitrogens with one attached hydrogen (secondary N) is 4. The van der Waals surface area contributed by atoms with Crippen LogP contribution in [-0.4, -0.2) is 63.1 Å². The molecule has 62 heavy (non-hydrogen) atoms. The first kappa shape index (κ1) is 42.7. The van der Waals surface area contributed by atoms with Crippen molar-refractivity contribution in [3.05, 3.63) is 189 Å². The first-order valence-electron chi connectivity index (χ1n) is 18.6. The van der Waals surface area contributed by atoms with E-state index in [1.807, 2.05) is 0 Å². The second-order valence-corrected chi connectivity index (χ2v) is 13.6. The number of anilines is 4. The summed E-state index contributed by atoms with van der Waals surface area (Å²) in [6, 6.07) is 31.2. The summed E-state index contributed by atoms with van der Waals surface area (Å²) in [5.41, 5.74) is 0.135. The molecule has 0 saturated carbocycles. The Balaban J connectivity index is 1.17. The number of carboxylic acid groups (broad SMARTS) is 2. The lowest BCUT2D eigenvalue weighted by atomic mass is 9.93. The number of carbonyl (C=O) groups excluding carboxylic acids is 7. The molecule has 0 heterocycles. The Kier molecular flexibility index (Phi) is 12.7. The summed E-state index contributed by atoms with van der Waals surface area (Å²) in [5.74, 6) is -7.03. The van der Waals surface area contributed by atoms with Gasteiger partial charge in [0.2, 0.25) is 0 Å². The van der Waals surface area contributed by atoms with E-state index in [1.165, 1.54) is 135 Å². The van der Waals surface area contributed by atoms with E-state index in [2.05, 4.69) is 21.3 Å². The number of Topliss-reactive ketones (excluding diaryl/α,β-unsaturated/α-hetero) is 2. The van der Waals surface area contributed by atoms with Gasteiger partial charge in [0.05, 0.1) is 33.4 Å². The number of amides is 4. The second-order valence-electron chi connectivity index (χ2n) is 13.6. The number of rotatable bonds is 14. The number of hydrogen-bond donors (Lipinski definition) is 6. The number of ketones is 3. The molecule has 0 aromatic heterocycles. The molecule has 6 rings (SSSR count). The van der Waals surface area contributed by atoms with Crippen molar-refractivity contribution in [2.75, 3.05) is 21.3 Å². The highest BCUT2D eigenvalue weighted by Crippen LogP contribution is 2.24. The highest BCUT2D eigenvalue weighted by molar-refractivity contribution is 6.18. The van der Waals surface area contributed by atoms with Crippen LogP contribution in [0, 0.1) is 0 Å². The van der Waals surface area contributed by atoms with Gasteiger partial charge in [0.1, 0.15) is 0 Å². The van der Waals surface area contributed by atoms with Crippen LogP contribution in [0.4, 0.5) is 22.7 Å². The van der Waals surface area contributed by atoms with Crippen LogP contribution >= 0.6 is 0 Å². The van der Waals surface area contributed by atoms with Crippen LogP contribution < -0.4 is 21.3 Å². The SMILES string of the molecule is CC(=O)c1cc(C(=O)c2ccc(C(=O)Nc3cccc(NC(=O)c4ccccc4C(=O)O)c3)c(C(C)=O)c2)ccc1C(=O)Nc1cccc(NC(=O)c2ccccc2C(=O)O)c1. The average Bonchev–Trinajstić information content (AvgIpc) is 3.25. The number of hydrogen-bond acceptors (Lipinski definition) is 9. The molecule has 6 aromatic carbocycles. The maximum absolute atomic E-state index is 13.8. The van der Waals surface area contributed by atoms with Crippen LogP contribution in [0.2, 0.25) is 0 Å². The van der Waals surface area contributed by atoms with Crippen molar-refractivity contribution in [1.82, 2.24) is 0 Å². The lowest BCUT2D eigenvalue weighted by Gasteiger charge is -2.13. The monoisotopic (exact) mass is 830 g/mol. The Hall–Kier alpha value is -8.85. The van der Waals surface area contributed by atoms with Gasteiger partial charge in [-0.1, -0.05) is 48.5 Å². The fourth-order valence-corrected chi connectivity index (χ4v) is 6.39. The normalized spacial score (nSPS) is 10.5. The van der Waals surface area contributed by atoms with Gasteiger partial charge in [-0.2, -0.15) is 0 Å². The molecule has 0 radical (unpaired) electrons. The summed E-state index contributed by atoms with van der Waals surface area (Å²) < 4.78 is 0. The van der Waals surface area contributed by atoms with Crippen LogP contribution in [0.1, 0.15) is 113 Å². The zero-order valence-electron chi connectivity index (χ0n) is 32.8. The van der Waals surface area contributed by atoms with E-state index in [0.29, 0.717) is 0 Å². The molecular weight excluding hydrogens is 797 g/mol. The zero-order valence-corrected chi connectivity index (χ0v) is 32.8. The number of aromatic carboxylic acids is 2. The molecule has 0 unspecified atom stereocenters. The molecule has 4 amide bonds. The predicted octanol–water partition coefficient (Wildman–Crippen LogP) is 7.73. The molecule has 0 bridgehead atoms. The van der Waals surface area contributed by atoms with E-state index in [0.717, 1.165) is 0 Å². The first-order chi connectivity index (χ1) is 29.6. The average molecular weight is 831 g/mol. The first-order valence-corrected chi connectivity index (χ1v) is 18.6. The number of carboxylic acids is 2. The Morgan fingerprint density at radius 3 is 0.919 bits per heavy atom. The van der Waals surface area contributed by atoms with E-state index in [1.54, 1.807) is 12.1 Å². The minimum absolute atomic E-state index is 0.00893. The van der Waals surface area contributed by atoms with Crippen molar-refractivity contribution < 1.29 is 53.4 Å². The summed E-state index contributed by atoms with van der Waals surface area (Å²) in [7, 11) is 0. The van der Waals surface area contributed by atoms with Crippen molar-refractivity contribution in [3.63, 3.8) is 0 Å². The molecule has 308 valence electrons. The Bertz CT molecular complexity index is 2690. The standard InChI is InChI=1S/C47H34N4O11/c1-25(52)39-21-27(17-19-35(39)44(57)50-31-11-7-9-29(23-31)48-42(55)33-13-3-5-15-37(33)46(59)60)41(54)28-18-20-36(40(22-28)26(2)53)45(58)51-32-12-8-10-30(24-32)49-43(56)34-14-4-6-16-38(34)47(61)62/h3-24H,1-2H3,(H,48,55)(H,49,56)(H,50,57)(H,51,58)(H,59,60)(H,61,62). The van der Waals surface area contributed by atoms with Gasteiger partial charge in [-0.25, -0.2) is 9.59 Å². The van der Waals surface area contributed by atoms with E-state index in [4.69, 9.17) is 0 Å². The molecule has 6 N–H and O–H groups in total. The Morgan fingerprint density at radius 2 is 0.629 bits per heavy atom. The molecule has 0 atom stereocenters. The van der Waals surface area contributed by atoms with Gasteiger partial charge in [-0.15, -0.1) is 0 Å². The van der Waals surface area contributed by atoms with Crippen molar-refractivity contribution in [1.29, 1.82) is 0 Å². The van der Waals surface area contributed by atoms with Crippen molar-refractivity contribution in [2.24, 2.45) is 0 Å². The summed E-state index contributed by atoms with van der Waals surface area (Å²) >= 11 is 0. The van der Waals surface area contributed by atoms with Gasteiger partial charge in [0.15, 0.2) is 17.3 Å². The van der Waals surface area contributed by atoms with Crippen LogP contribution in [-0.2, 0) is 0 Å². The van der Waals surface area contributed by atoms with Gasteiger partial charge < -0.3 is 31.5 Å². The molecule has 0 aliphatic carbocycles. The predicted molar refractivity (Wildman–Crippen MR) is 228 cm³/mol. The molecular formula is C47H34N4O11. The third-order valence-corrected chi connectivity index (χ3v) is 9.37. The summed E-state index contributed by atoms with van der Waals surface area (Å²) in [4.78, 5) is 115. The molecule has 0 saturated heterocycles. The molecule has 15 nitrogen and oxygen atoms in total. The van der Waals surface area contributed by atoms with Crippen molar-refractivity contribution in [2.45, 2.75) is 13.8 Å². The molecule has 0 aliphatic heterocycles. The third kappa shape index (κ3) is 9.70. The summed E-state index contributed by atoms with van der Waals surface area (Å²) in [6.07, 6.45) is 0. The minimum Gasteiger partial charge on any atom is -0.478 e. The molecule has 6 aromatic rings. The lowest BCUT2D eigenvalue weighted by Crippen LogP contribution is -2.18. The number of carbonyl (C=O) groups is 9. The van der Waals surface area contributed by atoms with E-state index in [-0.39, 0.29) is 78.4 Å². The van der Waals surface area contributed by atoms with Crippen LogP contribution in [0.25, 0.3) is 0 Å². The zero-order chi connectivity index (χ0) is 44.7.